The molecular weight excluding hydrogens is 342 g/mol. The largest absolute Gasteiger partial charge is 0.484 e. The van der Waals surface area contributed by atoms with E-state index in [1.807, 2.05) is 30.3 Å². The Morgan fingerprint density at radius 3 is 2.56 bits per heavy atom. The van der Waals surface area contributed by atoms with Gasteiger partial charge in [0.2, 0.25) is 0 Å². The van der Waals surface area contributed by atoms with E-state index >= 15 is 0 Å². The lowest BCUT2D eigenvalue weighted by Crippen LogP contribution is -2.10. The molecule has 126 valence electrons. The zero-order valence-corrected chi connectivity index (χ0v) is 13.8. The monoisotopic (exact) mass is 355 g/mol. The number of nitrogens with zero attached hydrogens (tertiary/aromatic N) is 2. The van der Waals surface area contributed by atoms with Crippen LogP contribution in [-0.4, -0.2) is 21.0 Å². The fourth-order valence-corrected chi connectivity index (χ4v) is 2.29. The summed E-state index contributed by atoms with van der Waals surface area (Å²) in [7, 11) is 0. The van der Waals surface area contributed by atoms with Crippen LogP contribution >= 0.6 is 11.6 Å². The van der Waals surface area contributed by atoms with Gasteiger partial charge in [-0.05, 0) is 24.3 Å². The normalized spacial score (nSPS) is 10.3. The molecule has 0 radical (unpaired) electrons. The van der Waals surface area contributed by atoms with Crippen LogP contribution in [0, 0.1) is 0 Å². The molecule has 0 saturated carbocycles. The minimum Gasteiger partial charge on any atom is -0.484 e. The predicted octanol–water partition coefficient (Wildman–Crippen LogP) is 4.15. The number of halogens is 1. The minimum absolute atomic E-state index is 0.0228. The topological polar surface area (TPSA) is 84.3 Å². The molecule has 0 fully saturated rings. The van der Waals surface area contributed by atoms with Crippen molar-refractivity contribution in [1.29, 1.82) is 0 Å². The van der Waals surface area contributed by atoms with E-state index in [-0.39, 0.29) is 18.0 Å². The Balaban J connectivity index is 1.82. The molecule has 0 amide bonds. The van der Waals surface area contributed by atoms with Crippen molar-refractivity contribution in [3.63, 3.8) is 0 Å². The predicted molar refractivity (Wildman–Crippen MR) is 94.5 cm³/mol. The number of aromatic carboxylic acids is 1. The number of nitrogens with one attached hydrogen (secondary N) is 1. The van der Waals surface area contributed by atoms with Crippen molar-refractivity contribution in [2.45, 2.75) is 6.61 Å². The van der Waals surface area contributed by atoms with Gasteiger partial charge in [-0.2, -0.15) is 0 Å². The third-order valence-corrected chi connectivity index (χ3v) is 3.61. The lowest BCUT2D eigenvalue weighted by atomic mass is 10.2. The molecule has 6 nitrogen and oxygen atoms in total. The van der Waals surface area contributed by atoms with Crippen LogP contribution in [0.1, 0.15) is 16.2 Å². The summed E-state index contributed by atoms with van der Waals surface area (Å²) in [5.41, 5.74) is 0.701. The minimum atomic E-state index is -1.11. The molecule has 0 aliphatic heterocycles. The lowest BCUT2D eigenvalue weighted by molar-refractivity contribution is 0.0697. The number of hydrogen-bond donors (Lipinski definition) is 2. The van der Waals surface area contributed by atoms with E-state index in [4.69, 9.17) is 16.3 Å². The highest BCUT2D eigenvalue weighted by Crippen LogP contribution is 2.24. The summed E-state index contributed by atoms with van der Waals surface area (Å²) >= 11 is 6.04. The number of carboxylic acid groups (broad SMARTS) is 1. The maximum absolute atomic E-state index is 11.4. The van der Waals surface area contributed by atoms with E-state index in [1.165, 1.54) is 6.20 Å². The first-order chi connectivity index (χ1) is 12.1. The number of hydrogen-bond acceptors (Lipinski definition) is 5. The summed E-state index contributed by atoms with van der Waals surface area (Å²) < 4.78 is 5.60. The molecule has 1 heterocycles. The summed E-state index contributed by atoms with van der Waals surface area (Å²) in [4.78, 5) is 19.7. The Kier molecular flexibility index (Phi) is 5.11. The van der Waals surface area contributed by atoms with Gasteiger partial charge in [0.15, 0.2) is 5.82 Å². The molecule has 7 heteroatoms. The summed E-state index contributed by atoms with van der Waals surface area (Å²) in [5.74, 6) is -0.0699. The zero-order chi connectivity index (χ0) is 17.6. The number of rotatable bonds is 6. The third kappa shape index (κ3) is 4.24. The second kappa shape index (κ2) is 7.63. The van der Waals surface area contributed by atoms with Crippen LogP contribution in [0.5, 0.6) is 5.75 Å². The van der Waals surface area contributed by atoms with Crippen LogP contribution in [-0.2, 0) is 6.61 Å². The van der Waals surface area contributed by atoms with Crippen molar-refractivity contribution in [2.24, 2.45) is 0 Å². The Bertz CT molecular complexity index is 888. The molecule has 25 heavy (non-hydrogen) atoms. The van der Waals surface area contributed by atoms with Crippen LogP contribution in [0.2, 0.25) is 5.02 Å². The standard InChI is InChI=1S/C18H14ClN3O3/c19-14-8-4-5-9-15(14)25-11-16-20-10-13(18(23)24)17(22-16)21-12-6-2-1-3-7-12/h1-10H,11H2,(H,23,24)(H,20,21,22). The molecule has 0 unspecified atom stereocenters. The first-order valence-electron chi connectivity index (χ1n) is 7.42. The Morgan fingerprint density at radius 2 is 1.84 bits per heavy atom. The van der Waals surface area contributed by atoms with Crippen molar-refractivity contribution in [3.05, 3.63) is 77.2 Å². The first kappa shape index (κ1) is 16.7. The van der Waals surface area contributed by atoms with Crippen molar-refractivity contribution >= 4 is 29.1 Å². The number of aromatic nitrogens is 2. The molecule has 0 aliphatic rings. The van der Waals surface area contributed by atoms with Gasteiger partial charge in [0.1, 0.15) is 23.7 Å². The van der Waals surface area contributed by atoms with Gasteiger partial charge < -0.3 is 15.2 Å². The molecule has 2 N–H and O–H groups in total. The summed E-state index contributed by atoms with van der Waals surface area (Å²) in [6, 6.07) is 16.2. The van der Waals surface area contributed by atoms with E-state index in [1.54, 1.807) is 24.3 Å². The third-order valence-electron chi connectivity index (χ3n) is 3.30. The van der Waals surface area contributed by atoms with E-state index in [0.717, 1.165) is 5.69 Å². The quantitative estimate of drug-likeness (QED) is 0.691. The Morgan fingerprint density at radius 1 is 1.12 bits per heavy atom. The van der Waals surface area contributed by atoms with Crippen LogP contribution in [0.4, 0.5) is 11.5 Å². The van der Waals surface area contributed by atoms with E-state index < -0.39 is 5.97 Å². The van der Waals surface area contributed by atoms with Gasteiger partial charge in [-0.25, -0.2) is 14.8 Å². The first-order valence-corrected chi connectivity index (χ1v) is 7.80. The van der Waals surface area contributed by atoms with E-state index in [2.05, 4.69) is 15.3 Å². The number of para-hydroxylation sites is 2. The van der Waals surface area contributed by atoms with Gasteiger partial charge in [0, 0.05) is 11.9 Å². The molecule has 0 aliphatic carbocycles. The summed E-state index contributed by atoms with van der Waals surface area (Å²) in [6.07, 6.45) is 1.26. The molecule has 0 bridgehead atoms. The second-order valence-electron chi connectivity index (χ2n) is 5.06. The lowest BCUT2D eigenvalue weighted by Gasteiger charge is -2.11. The van der Waals surface area contributed by atoms with Crippen LogP contribution in [0.3, 0.4) is 0 Å². The molecule has 3 rings (SSSR count). The average molecular weight is 356 g/mol. The van der Waals surface area contributed by atoms with Gasteiger partial charge in [-0.3, -0.25) is 0 Å². The molecule has 0 atom stereocenters. The number of ether oxygens (including phenoxy) is 1. The Hall–Kier alpha value is -3.12. The van der Waals surface area contributed by atoms with Crippen LogP contribution in [0.15, 0.2) is 60.8 Å². The van der Waals surface area contributed by atoms with Gasteiger partial charge >= 0.3 is 5.97 Å². The zero-order valence-electron chi connectivity index (χ0n) is 13.0. The van der Waals surface area contributed by atoms with Crippen LogP contribution < -0.4 is 10.1 Å². The summed E-state index contributed by atoms with van der Waals surface area (Å²) in [6.45, 7) is 0.0626. The Labute approximate surface area is 149 Å². The molecule has 0 spiro atoms. The smallest absolute Gasteiger partial charge is 0.341 e. The highest BCUT2D eigenvalue weighted by Gasteiger charge is 2.14. The maximum Gasteiger partial charge on any atom is 0.341 e. The van der Waals surface area contributed by atoms with Crippen LogP contribution in [0.25, 0.3) is 0 Å². The summed E-state index contributed by atoms with van der Waals surface area (Å²) in [5, 5.41) is 12.8. The molecular formula is C18H14ClN3O3. The average Bonchev–Trinajstić information content (AvgIpc) is 2.62. The van der Waals surface area contributed by atoms with Crippen molar-refractivity contribution in [3.8, 4) is 5.75 Å². The molecule has 0 saturated heterocycles. The maximum atomic E-state index is 11.4. The number of anilines is 2. The fraction of sp³-hybridized carbons (Fsp3) is 0.0556. The van der Waals surface area contributed by atoms with Crippen molar-refractivity contribution < 1.29 is 14.6 Å². The fourth-order valence-electron chi connectivity index (χ4n) is 2.10. The van der Waals surface area contributed by atoms with E-state index in [0.29, 0.717) is 16.6 Å². The SMILES string of the molecule is O=C(O)c1cnc(COc2ccccc2Cl)nc1Nc1ccccc1. The van der Waals surface area contributed by atoms with Gasteiger partial charge in [0.25, 0.3) is 0 Å². The number of carboxylic acids is 1. The van der Waals surface area contributed by atoms with Crippen molar-refractivity contribution in [2.75, 3.05) is 5.32 Å². The van der Waals surface area contributed by atoms with Gasteiger partial charge in [-0.1, -0.05) is 41.9 Å². The molecule has 3 aromatic rings. The number of carbonyl (C=O) groups is 1. The number of benzene rings is 2. The van der Waals surface area contributed by atoms with Crippen molar-refractivity contribution in [1.82, 2.24) is 9.97 Å². The highest BCUT2D eigenvalue weighted by molar-refractivity contribution is 6.32. The van der Waals surface area contributed by atoms with E-state index in [9.17, 15) is 9.90 Å². The molecule has 1 aromatic heterocycles. The second-order valence-corrected chi connectivity index (χ2v) is 5.47. The van der Waals surface area contributed by atoms with Gasteiger partial charge in [-0.15, -0.1) is 0 Å². The molecule has 2 aromatic carbocycles. The van der Waals surface area contributed by atoms with Gasteiger partial charge in [0.05, 0.1) is 5.02 Å². The highest BCUT2D eigenvalue weighted by atomic mass is 35.5.